The van der Waals surface area contributed by atoms with Gasteiger partial charge in [0, 0.05) is 11.4 Å². The third-order valence-corrected chi connectivity index (χ3v) is 5.16. The fraction of sp³-hybridized carbons (Fsp3) is 0.312. The van der Waals surface area contributed by atoms with Gasteiger partial charge in [0.25, 0.3) is 0 Å². The highest BCUT2D eigenvalue weighted by Gasteiger charge is 2.23. The van der Waals surface area contributed by atoms with E-state index in [1.54, 1.807) is 0 Å². The van der Waals surface area contributed by atoms with Crippen LogP contribution in [0.25, 0.3) is 0 Å². The molecule has 1 heterocycles. The van der Waals surface area contributed by atoms with E-state index in [0.29, 0.717) is 12.2 Å². The number of hydrogen-bond donors (Lipinski definition) is 3. The fourth-order valence-corrected chi connectivity index (χ4v) is 3.49. The summed E-state index contributed by atoms with van der Waals surface area (Å²) in [5.41, 5.74) is 0.125. The number of benzene rings is 1. The third kappa shape index (κ3) is 5.18. The lowest BCUT2D eigenvalue weighted by Gasteiger charge is -2.17. The van der Waals surface area contributed by atoms with E-state index in [0.717, 1.165) is 23.8 Å². The minimum atomic E-state index is -4.16. The number of primary sulfonamides is 1. The van der Waals surface area contributed by atoms with Crippen molar-refractivity contribution in [2.45, 2.75) is 31.3 Å². The third-order valence-electron chi connectivity index (χ3n) is 3.39. The summed E-state index contributed by atoms with van der Waals surface area (Å²) in [7, 11) is -4.16. The van der Waals surface area contributed by atoms with E-state index in [1.807, 2.05) is 24.4 Å². The average molecular weight is 384 g/mol. The van der Waals surface area contributed by atoms with E-state index in [1.165, 1.54) is 17.4 Å². The van der Waals surface area contributed by atoms with Crippen molar-refractivity contribution in [2.75, 3.05) is 11.9 Å². The van der Waals surface area contributed by atoms with Crippen LogP contribution in [0.15, 0.2) is 34.5 Å². The number of unbranched alkanes of at least 4 members (excludes halogenated alkanes) is 1. The van der Waals surface area contributed by atoms with Crippen molar-refractivity contribution in [1.29, 1.82) is 0 Å². The Kier molecular flexibility index (Phi) is 6.40. The zero-order valence-corrected chi connectivity index (χ0v) is 15.3. The molecule has 0 unspecified atom stereocenters. The molecule has 0 radical (unpaired) electrons. The Labute approximate surface area is 150 Å². The lowest BCUT2D eigenvalue weighted by atomic mass is 10.1. The Morgan fingerprint density at radius 1 is 1.40 bits per heavy atom. The van der Waals surface area contributed by atoms with Gasteiger partial charge in [-0.25, -0.2) is 18.4 Å². The molecule has 0 bridgehead atoms. The molecule has 0 aliphatic heterocycles. The van der Waals surface area contributed by atoms with Gasteiger partial charge in [-0.3, -0.25) is 0 Å². The molecule has 0 spiro atoms. The molecule has 1 aromatic heterocycles. The predicted molar refractivity (Wildman–Crippen MR) is 96.8 cm³/mol. The van der Waals surface area contributed by atoms with Gasteiger partial charge in [-0.05, 0) is 30.0 Å². The summed E-state index contributed by atoms with van der Waals surface area (Å²) < 4.78 is 29.6. The predicted octanol–water partition coefficient (Wildman–Crippen LogP) is 2.88. The van der Waals surface area contributed by atoms with Crippen LogP contribution in [0.4, 0.5) is 5.69 Å². The van der Waals surface area contributed by atoms with Crippen molar-refractivity contribution in [2.24, 2.45) is 5.14 Å². The summed E-state index contributed by atoms with van der Waals surface area (Å²) in [6.45, 7) is 2.73. The molecule has 0 saturated heterocycles. The van der Waals surface area contributed by atoms with E-state index < -0.39 is 16.0 Å². The number of nitrogens with two attached hydrogens (primary N) is 1. The maximum Gasteiger partial charge on any atom is 0.335 e. The van der Waals surface area contributed by atoms with Crippen molar-refractivity contribution >= 4 is 33.0 Å². The summed E-state index contributed by atoms with van der Waals surface area (Å²) in [6, 6.07) is 6.10. The number of carboxylic acids is 1. The van der Waals surface area contributed by atoms with Crippen molar-refractivity contribution < 1.29 is 23.1 Å². The molecule has 136 valence electrons. The second kappa shape index (κ2) is 8.32. The highest BCUT2D eigenvalue weighted by molar-refractivity contribution is 7.89. The Morgan fingerprint density at radius 2 is 2.16 bits per heavy atom. The number of aromatic carboxylic acids is 1. The molecule has 0 aliphatic rings. The van der Waals surface area contributed by atoms with Gasteiger partial charge in [0.05, 0.1) is 11.3 Å². The van der Waals surface area contributed by atoms with E-state index in [4.69, 9.17) is 9.88 Å². The van der Waals surface area contributed by atoms with Crippen LogP contribution in [0, 0.1) is 0 Å². The number of carboxylic acid groups (broad SMARTS) is 1. The zero-order chi connectivity index (χ0) is 18.4. The maximum absolute atomic E-state index is 12.0. The van der Waals surface area contributed by atoms with E-state index >= 15 is 0 Å². The van der Waals surface area contributed by atoms with E-state index in [9.17, 15) is 18.3 Å². The Bertz CT molecular complexity index is 832. The van der Waals surface area contributed by atoms with Crippen LogP contribution in [-0.2, 0) is 16.6 Å². The number of nitrogens with one attached hydrogen (secondary N) is 1. The summed E-state index contributed by atoms with van der Waals surface area (Å²) >= 11 is 1.47. The molecule has 2 rings (SSSR count). The Hall–Kier alpha value is -2.10. The molecule has 0 fully saturated rings. The largest absolute Gasteiger partial charge is 0.484 e. The molecule has 0 aliphatic carbocycles. The van der Waals surface area contributed by atoms with Crippen molar-refractivity contribution in [1.82, 2.24) is 0 Å². The minimum Gasteiger partial charge on any atom is -0.484 e. The highest BCUT2D eigenvalue weighted by atomic mass is 32.2. The normalized spacial score (nSPS) is 11.3. The zero-order valence-electron chi connectivity index (χ0n) is 13.7. The minimum absolute atomic E-state index is 0.0389. The van der Waals surface area contributed by atoms with Gasteiger partial charge in [0.1, 0.15) is 11.5 Å². The molecule has 9 heteroatoms. The first kappa shape index (κ1) is 19.2. The van der Waals surface area contributed by atoms with Gasteiger partial charge in [-0.1, -0.05) is 19.4 Å². The van der Waals surface area contributed by atoms with Crippen LogP contribution in [0.2, 0.25) is 0 Å². The standard InChI is InChI=1S/C16H20N2O5S2/c1-2-3-6-18-13-8-11(16(19)20)9-14(25(17,21)22)15(13)23-10-12-5-4-7-24-12/h4-5,7-9,18H,2-3,6,10H2,1H3,(H,19,20)(H2,17,21,22). The molecule has 1 aromatic carbocycles. The summed E-state index contributed by atoms with van der Waals surface area (Å²) in [4.78, 5) is 11.9. The van der Waals surface area contributed by atoms with Crippen molar-refractivity contribution in [3.63, 3.8) is 0 Å². The van der Waals surface area contributed by atoms with Gasteiger partial charge in [-0.15, -0.1) is 11.3 Å². The molecule has 25 heavy (non-hydrogen) atoms. The monoisotopic (exact) mass is 384 g/mol. The molecule has 0 atom stereocenters. The number of rotatable bonds is 9. The molecule has 7 nitrogen and oxygen atoms in total. The average Bonchev–Trinajstić information content (AvgIpc) is 3.05. The van der Waals surface area contributed by atoms with Gasteiger partial charge in [0.2, 0.25) is 10.0 Å². The van der Waals surface area contributed by atoms with Crippen LogP contribution >= 0.6 is 11.3 Å². The molecule has 0 saturated carbocycles. The molecular formula is C16H20N2O5S2. The van der Waals surface area contributed by atoms with Crippen LogP contribution in [-0.4, -0.2) is 26.0 Å². The van der Waals surface area contributed by atoms with Gasteiger partial charge in [-0.2, -0.15) is 0 Å². The van der Waals surface area contributed by atoms with Crippen molar-refractivity contribution in [3.05, 3.63) is 40.1 Å². The number of carbonyl (C=O) groups is 1. The number of anilines is 1. The second-order valence-corrected chi connectivity index (χ2v) is 7.91. The van der Waals surface area contributed by atoms with Crippen molar-refractivity contribution in [3.8, 4) is 5.75 Å². The van der Waals surface area contributed by atoms with Crippen LogP contribution < -0.4 is 15.2 Å². The highest BCUT2D eigenvalue weighted by Crippen LogP contribution is 2.34. The van der Waals surface area contributed by atoms with Gasteiger partial charge >= 0.3 is 5.97 Å². The number of sulfonamides is 1. The number of thiophene rings is 1. The first-order valence-corrected chi connectivity index (χ1v) is 10.1. The second-order valence-electron chi connectivity index (χ2n) is 5.35. The first-order valence-electron chi connectivity index (χ1n) is 7.66. The Morgan fingerprint density at radius 3 is 2.72 bits per heavy atom. The number of ether oxygens (including phenoxy) is 1. The summed E-state index contributed by atoms with van der Waals surface area (Å²) in [5.74, 6) is -1.20. The smallest absolute Gasteiger partial charge is 0.335 e. The Balaban J connectivity index is 2.47. The summed E-state index contributed by atoms with van der Waals surface area (Å²) in [5, 5.41) is 19.4. The topological polar surface area (TPSA) is 119 Å². The van der Waals surface area contributed by atoms with Crippen LogP contribution in [0.5, 0.6) is 5.75 Å². The molecule has 0 amide bonds. The van der Waals surface area contributed by atoms with E-state index in [2.05, 4.69) is 5.32 Å². The molecular weight excluding hydrogens is 364 g/mol. The maximum atomic E-state index is 12.0. The number of hydrogen-bond acceptors (Lipinski definition) is 6. The van der Waals surface area contributed by atoms with E-state index in [-0.39, 0.29) is 22.8 Å². The molecule has 4 N–H and O–H groups in total. The SMILES string of the molecule is CCCCNc1cc(C(=O)O)cc(S(N)(=O)=O)c1OCc1cccs1. The lowest BCUT2D eigenvalue weighted by Crippen LogP contribution is -2.17. The van der Waals surface area contributed by atoms with Crippen LogP contribution in [0.3, 0.4) is 0 Å². The van der Waals surface area contributed by atoms with Gasteiger partial charge < -0.3 is 15.2 Å². The fourth-order valence-electron chi connectivity index (χ4n) is 2.16. The van der Waals surface area contributed by atoms with Crippen LogP contribution in [0.1, 0.15) is 35.0 Å². The molecule has 2 aromatic rings. The quantitative estimate of drug-likeness (QED) is 0.572. The lowest BCUT2D eigenvalue weighted by molar-refractivity contribution is 0.0696. The summed E-state index contributed by atoms with van der Waals surface area (Å²) in [6.07, 6.45) is 1.77. The van der Waals surface area contributed by atoms with Gasteiger partial charge in [0.15, 0.2) is 5.75 Å². The first-order chi connectivity index (χ1) is 11.8.